The SMILES string of the molecule is Cc1ccccc1-c1csc(NC(=O)c2ccccc2[N+](=O)[O-])n1. The van der Waals surface area contributed by atoms with E-state index in [0.717, 1.165) is 16.8 Å². The lowest BCUT2D eigenvalue weighted by Gasteiger charge is -2.03. The fourth-order valence-electron chi connectivity index (χ4n) is 2.30. The largest absolute Gasteiger partial charge is 0.298 e. The zero-order valence-electron chi connectivity index (χ0n) is 12.7. The van der Waals surface area contributed by atoms with Crippen LogP contribution in [-0.4, -0.2) is 15.8 Å². The fraction of sp³-hybridized carbons (Fsp3) is 0.0588. The van der Waals surface area contributed by atoms with Gasteiger partial charge < -0.3 is 0 Å². The van der Waals surface area contributed by atoms with Gasteiger partial charge in [0, 0.05) is 17.0 Å². The van der Waals surface area contributed by atoms with E-state index >= 15 is 0 Å². The molecule has 1 N–H and O–H groups in total. The number of hydrogen-bond acceptors (Lipinski definition) is 5. The highest BCUT2D eigenvalue weighted by Crippen LogP contribution is 2.28. The summed E-state index contributed by atoms with van der Waals surface area (Å²) in [5, 5.41) is 15.9. The van der Waals surface area contributed by atoms with Crippen molar-refractivity contribution in [3.63, 3.8) is 0 Å². The van der Waals surface area contributed by atoms with Crippen molar-refractivity contribution in [1.82, 2.24) is 4.98 Å². The van der Waals surface area contributed by atoms with Crippen LogP contribution in [0.4, 0.5) is 10.8 Å². The van der Waals surface area contributed by atoms with Crippen LogP contribution in [0.15, 0.2) is 53.9 Å². The molecule has 0 unspecified atom stereocenters. The summed E-state index contributed by atoms with van der Waals surface area (Å²) in [5.74, 6) is -0.548. The molecule has 0 radical (unpaired) electrons. The van der Waals surface area contributed by atoms with Crippen molar-refractivity contribution in [1.29, 1.82) is 0 Å². The summed E-state index contributed by atoms with van der Waals surface area (Å²) in [5.41, 5.74) is 2.61. The van der Waals surface area contributed by atoms with Gasteiger partial charge >= 0.3 is 0 Å². The van der Waals surface area contributed by atoms with Crippen LogP contribution in [0.25, 0.3) is 11.3 Å². The molecule has 1 aromatic heterocycles. The van der Waals surface area contributed by atoms with Gasteiger partial charge in [-0.05, 0) is 18.6 Å². The molecule has 0 fully saturated rings. The van der Waals surface area contributed by atoms with Gasteiger partial charge in [0.05, 0.1) is 10.6 Å². The van der Waals surface area contributed by atoms with Gasteiger partial charge in [-0.1, -0.05) is 36.4 Å². The topological polar surface area (TPSA) is 85.1 Å². The highest BCUT2D eigenvalue weighted by atomic mass is 32.1. The molecule has 2 aromatic carbocycles. The van der Waals surface area contributed by atoms with Crippen molar-refractivity contribution in [3.8, 4) is 11.3 Å². The molecule has 6 nitrogen and oxygen atoms in total. The van der Waals surface area contributed by atoms with E-state index in [1.807, 2.05) is 36.6 Å². The van der Waals surface area contributed by atoms with Crippen molar-refractivity contribution in [2.24, 2.45) is 0 Å². The van der Waals surface area contributed by atoms with Crippen LogP contribution in [0.5, 0.6) is 0 Å². The number of rotatable bonds is 4. The molecular weight excluding hydrogens is 326 g/mol. The smallest absolute Gasteiger partial charge is 0.282 e. The van der Waals surface area contributed by atoms with Gasteiger partial charge in [0.1, 0.15) is 5.56 Å². The molecule has 24 heavy (non-hydrogen) atoms. The van der Waals surface area contributed by atoms with Crippen LogP contribution < -0.4 is 5.32 Å². The first-order valence-electron chi connectivity index (χ1n) is 7.12. The normalized spacial score (nSPS) is 10.4. The quantitative estimate of drug-likeness (QED) is 0.568. The minimum atomic E-state index is -0.574. The molecule has 0 aliphatic rings. The molecule has 0 atom stereocenters. The number of carbonyl (C=O) groups is 1. The summed E-state index contributed by atoms with van der Waals surface area (Å²) < 4.78 is 0. The number of amides is 1. The van der Waals surface area contributed by atoms with Crippen LogP contribution in [0.1, 0.15) is 15.9 Å². The van der Waals surface area contributed by atoms with Crippen molar-refractivity contribution >= 4 is 28.1 Å². The van der Waals surface area contributed by atoms with Gasteiger partial charge in [0.25, 0.3) is 11.6 Å². The van der Waals surface area contributed by atoms with E-state index in [-0.39, 0.29) is 11.3 Å². The van der Waals surface area contributed by atoms with Crippen molar-refractivity contribution in [2.75, 3.05) is 5.32 Å². The predicted molar refractivity (Wildman–Crippen MR) is 93.3 cm³/mol. The van der Waals surface area contributed by atoms with Crippen LogP contribution in [-0.2, 0) is 0 Å². The number of thiazole rings is 1. The van der Waals surface area contributed by atoms with E-state index in [1.54, 1.807) is 6.07 Å². The fourth-order valence-corrected chi connectivity index (χ4v) is 3.01. The van der Waals surface area contributed by atoms with Crippen LogP contribution in [0.3, 0.4) is 0 Å². The first kappa shape index (κ1) is 15.8. The third-order valence-corrected chi connectivity index (χ3v) is 4.25. The highest BCUT2D eigenvalue weighted by molar-refractivity contribution is 7.14. The number of nitro benzene ring substituents is 1. The predicted octanol–water partition coefficient (Wildman–Crippen LogP) is 4.28. The van der Waals surface area contributed by atoms with Gasteiger partial charge in [0.15, 0.2) is 5.13 Å². The Morgan fingerprint density at radius 1 is 1.17 bits per heavy atom. The first-order chi connectivity index (χ1) is 11.6. The molecule has 0 saturated carbocycles. The Morgan fingerprint density at radius 2 is 1.88 bits per heavy atom. The number of aryl methyl sites for hydroxylation is 1. The standard InChI is InChI=1S/C17H13N3O3S/c1-11-6-2-3-7-12(11)14-10-24-17(18-14)19-16(21)13-8-4-5-9-15(13)20(22)23/h2-10H,1H3,(H,18,19,21). The van der Waals surface area contributed by atoms with Gasteiger partial charge in [-0.25, -0.2) is 4.98 Å². The van der Waals surface area contributed by atoms with Gasteiger partial charge in [0.2, 0.25) is 0 Å². The summed E-state index contributed by atoms with van der Waals surface area (Å²) in [6.07, 6.45) is 0. The summed E-state index contributed by atoms with van der Waals surface area (Å²) in [7, 11) is 0. The Kier molecular flexibility index (Phi) is 4.35. The lowest BCUT2D eigenvalue weighted by atomic mass is 10.1. The molecule has 0 aliphatic carbocycles. The van der Waals surface area contributed by atoms with E-state index in [1.165, 1.54) is 29.5 Å². The molecule has 1 heterocycles. The molecule has 120 valence electrons. The number of benzene rings is 2. The maximum atomic E-state index is 12.3. The third-order valence-electron chi connectivity index (χ3n) is 3.49. The minimum Gasteiger partial charge on any atom is -0.298 e. The number of para-hydroxylation sites is 1. The second-order valence-corrected chi connectivity index (χ2v) is 5.94. The Balaban J connectivity index is 1.84. The Labute approximate surface area is 141 Å². The van der Waals surface area contributed by atoms with Crippen LogP contribution >= 0.6 is 11.3 Å². The van der Waals surface area contributed by atoms with Crippen LogP contribution in [0.2, 0.25) is 0 Å². The number of nitro groups is 1. The highest BCUT2D eigenvalue weighted by Gasteiger charge is 2.20. The summed E-state index contributed by atoms with van der Waals surface area (Å²) in [4.78, 5) is 27.1. The third kappa shape index (κ3) is 3.16. The Morgan fingerprint density at radius 3 is 2.62 bits per heavy atom. The lowest BCUT2D eigenvalue weighted by Crippen LogP contribution is -2.13. The molecular formula is C17H13N3O3S. The number of carbonyl (C=O) groups excluding carboxylic acids is 1. The maximum Gasteiger partial charge on any atom is 0.282 e. The number of hydrogen-bond donors (Lipinski definition) is 1. The van der Waals surface area contributed by atoms with E-state index in [0.29, 0.717) is 5.13 Å². The number of anilines is 1. The maximum absolute atomic E-state index is 12.3. The molecule has 0 spiro atoms. The molecule has 7 heteroatoms. The van der Waals surface area contributed by atoms with Crippen molar-refractivity contribution < 1.29 is 9.72 Å². The van der Waals surface area contributed by atoms with Gasteiger partial charge in [-0.3, -0.25) is 20.2 Å². The average Bonchev–Trinajstić information content (AvgIpc) is 3.03. The Bertz CT molecular complexity index is 921. The zero-order chi connectivity index (χ0) is 17.1. The minimum absolute atomic E-state index is 0.00939. The average molecular weight is 339 g/mol. The number of nitrogens with zero attached hydrogens (tertiary/aromatic N) is 2. The van der Waals surface area contributed by atoms with Crippen molar-refractivity contribution in [3.05, 3.63) is 75.2 Å². The first-order valence-corrected chi connectivity index (χ1v) is 8.00. The van der Waals surface area contributed by atoms with E-state index in [9.17, 15) is 14.9 Å². The molecule has 3 aromatic rings. The van der Waals surface area contributed by atoms with Gasteiger partial charge in [-0.15, -0.1) is 11.3 Å². The summed E-state index contributed by atoms with van der Waals surface area (Å²) in [6.45, 7) is 1.99. The number of aromatic nitrogens is 1. The monoisotopic (exact) mass is 339 g/mol. The van der Waals surface area contributed by atoms with Crippen LogP contribution in [0, 0.1) is 17.0 Å². The van der Waals surface area contributed by atoms with Gasteiger partial charge in [-0.2, -0.15) is 0 Å². The summed E-state index contributed by atoms with van der Waals surface area (Å²) >= 11 is 1.28. The molecule has 3 rings (SSSR count). The van der Waals surface area contributed by atoms with E-state index < -0.39 is 10.8 Å². The lowest BCUT2D eigenvalue weighted by molar-refractivity contribution is -0.385. The van der Waals surface area contributed by atoms with E-state index in [4.69, 9.17) is 0 Å². The van der Waals surface area contributed by atoms with Crippen molar-refractivity contribution in [2.45, 2.75) is 6.92 Å². The molecule has 0 aliphatic heterocycles. The second-order valence-electron chi connectivity index (χ2n) is 5.08. The Hall–Kier alpha value is -3.06. The molecule has 0 saturated heterocycles. The summed E-state index contributed by atoms with van der Waals surface area (Å²) in [6, 6.07) is 13.6. The van der Waals surface area contributed by atoms with E-state index in [2.05, 4.69) is 10.3 Å². The zero-order valence-corrected chi connectivity index (χ0v) is 13.5. The second kappa shape index (κ2) is 6.59. The molecule has 0 bridgehead atoms. The number of nitrogens with one attached hydrogen (secondary N) is 1. The molecule has 1 amide bonds.